The molecule has 0 spiro atoms. The molecule has 104 valence electrons. The van der Waals surface area contributed by atoms with Gasteiger partial charge in [-0.05, 0) is 74.9 Å². The van der Waals surface area contributed by atoms with Crippen LogP contribution in [0, 0.1) is 34.6 Å². The van der Waals surface area contributed by atoms with E-state index in [0.717, 1.165) is 22.9 Å². The molecular weight excluding hydrogens is 254 g/mol. The van der Waals surface area contributed by atoms with Crippen LogP contribution in [0.25, 0.3) is 0 Å². The summed E-state index contributed by atoms with van der Waals surface area (Å²) in [7, 11) is 0. The molecule has 0 saturated heterocycles. The van der Waals surface area contributed by atoms with E-state index >= 15 is 0 Å². The van der Waals surface area contributed by atoms with Crippen LogP contribution in [0.3, 0.4) is 0 Å². The second-order valence-corrected chi connectivity index (χ2v) is 7.63. The summed E-state index contributed by atoms with van der Waals surface area (Å²) < 4.78 is 0. The van der Waals surface area contributed by atoms with Crippen LogP contribution in [0.5, 0.6) is 0 Å². The smallest absolute Gasteiger partial charge is 0.183 e. The Bertz CT molecular complexity index is 388. The topological polar surface area (TPSA) is 48.2 Å². The van der Waals surface area contributed by atoms with E-state index in [9.17, 15) is 0 Å². The Morgan fingerprint density at radius 1 is 1.26 bits per heavy atom. The minimum atomic E-state index is 0.351. The van der Waals surface area contributed by atoms with Crippen LogP contribution in [-0.2, 0) is 0 Å². The molecule has 4 heteroatoms. The number of nitrogens with zero attached hydrogens (tertiary/aromatic N) is 2. The van der Waals surface area contributed by atoms with Gasteiger partial charge in [-0.1, -0.05) is 11.8 Å². The molecule has 4 saturated carbocycles. The molecule has 0 aromatic carbocycles. The van der Waals surface area contributed by atoms with E-state index in [1.807, 2.05) is 12.4 Å². The summed E-state index contributed by atoms with van der Waals surface area (Å²) in [5.41, 5.74) is 0.437. The number of hydrogen-bond acceptors (Lipinski definition) is 3. The number of hydrogen-bond donors (Lipinski definition) is 1. The zero-order chi connectivity index (χ0) is 13.5. The molecule has 1 N–H and O–H groups in total. The van der Waals surface area contributed by atoms with Gasteiger partial charge in [0.1, 0.15) is 0 Å². The monoisotopic (exact) mass is 277 g/mol. The van der Waals surface area contributed by atoms with Crippen LogP contribution in [0.2, 0.25) is 0 Å². The van der Waals surface area contributed by atoms with Crippen molar-refractivity contribution in [1.82, 2.24) is 5.32 Å². The number of nitrogens with one attached hydrogen (secondary N) is 1. The zero-order valence-corrected chi connectivity index (χ0v) is 12.7. The van der Waals surface area contributed by atoms with Crippen molar-refractivity contribution in [3.8, 4) is 6.19 Å². The third-order valence-corrected chi connectivity index (χ3v) is 6.23. The van der Waals surface area contributed by atoms with Gasteiger partial charge in [-0.15, -0.1) is 0 Å². The molecular formula is C15H23N3S. The number of nitriles is 1. The standard InChI is InChI=1S/C15H23N3S/c1-10(18-14(19-2)17-9-16)15-6-11-3-12(7-15)5-13(4-11)8-15/h10-13H,3-8H2,1-2H3,(H,17,18). The Morgan fingerprint density at radius 3 is 2.21 bits per heavy atom. The maximum Gasteiger partial charge on any atom is 0.183 e. The molecule has 3 nitrogen and oxygen atoms in total. The van der Waals surface area contributed by atoms with Crippen LogP contribution < -0.4 is 5.32 Å². The van der Waals surface area contributed by atoms with Crippen molar-refractivity contribution in [3.05, 3.63) is 0 Å². The lowest BCUT2D eigenvalue weighted by Crippen LogP contribution is -2.50. The third kappa shape index (κ3) is 2.38. The van der Waals surface area contributed by atoms with Crippen molar-refractivity contribution in [3.63, 3.8) is 0 Å². The van der Waals surface area contributed by atoms with Crippen molar-refractivity contribution >= 4 is 16.9 Å². The normalized spacial score (nSPS) is 41.9. The van der Waals surface area contributed by atoms with E-state index < -0.39 is 0 Å². The Kier molecular flexibility index (Phi) is 3.51. The van der Waals surface area contributed by atoms with Crippen molar-refractivity contribution < 1.29 is 0 Å². The molecule has 1 unspecified atom stereocenters. The first-order chi connectivity index (χ1) is 9.15. The summed E-state index contributed by atoms with van der Waals surface area (Å²) in [6.07, 6.45) is 12.5. The van der Waals surface area contributed by atoms with Crippen LogP contribution in [0.4, 0.5) is 0 Å². The maximum atomic E-state index is 8.76. The highest BCUT2D eigenvalue weighted by molar-refractivity contribution is 8.13. The highest BCUT2D eigenvalue weighted by Crippen LogP contribution is 2.61. The highest BCUT2D eigenvalue weighted by Gasteiger charge is 2.53. The summed E-state index contributed by atoms with van der Waals surface area (Å²) in [6.45, 7) is 2.27. The lowest BCUT2D eigenvalue weighted by molar-refractivity contribution is -0.0632. The van der Waals surface area contributed by atoms with Crippen LogP contribution in [0.15, 0.2) is 4.99 Å². The minimum absolute atomic E-state index is 0.351. The fourth-order valence-corrected chi connectivity index (χ4v) is 5.60. The van der Waals surface area contributed by atoms with E-state index in [1.54, 1.807) is 11.8 Å². The quantitative estimate of drug-likeness (QED) is 0.364. The van der Waals surface area contributed by atoms with Gasteiger partial charge in [-0.25, -0.2) is 0 Å². The molecule has 4 aliphatic carbocycles. The van der Waals surface area contributed by atoms with Gasteiger partial charge in [0.25, 0.3) is 0 Å². The molecule has 4 rings (SSSR count). The van der Waals surface area contributed by atoms with Gasteiger partial charge in [-0.2, -0.15) is 5.26 Å². The van der Waals surface area contributed by atoms with Crippen LogP contribution >= 0.6 is 11.8 Å². The summed E-state index contributed by atoms with van der Waals surface area (Å²) in [4.78, 5) is 4.82. The Labute approximate surface area is 120 Å². The van der Waals surface area contributed by atoms with Crippen molar-refractivity contribution in [2.75, 3.05) is 6.26 Å². The average Bonchev–Trinajstić information content (AvgIpc) is 2.36. The molecule has 4 bridgehead atoms. The number of amidine groups is 1. The fourth-order valence-electron chi connectivity index (χ4n) is 5.19. The van der Waals surface area contributed by atoms with Gasteiger partial charge in [0.2, 0.25) is 0 Å². The van der Waals surface area contributed by atoms with E-state index in [1.165, 1.54) is 38.5 Å². The number of thioether (sulfide) groups is 1. The number of rotatable bonds is 2. The van der Waals surface area contributed by atoms with E-state index in [2.05, 4.69) is 12.2 Å². The van der Waals surface area contributed by atoms with Gasteiger partial charge in [0.05, 0.1) is 6.04 Å². The Hall–Kier alpha value is -0.690. The summed E-state index contributed by atoms with van der Waals surface area (Å²) in [5.74, 6) is 2.89. The van der Waals surface area contributed by atoms with Crippen molar-refractivity contribution in [2.24, 2.45) is 28.2 Å². The van der Waals surface area contributed by atoms with E-state index in [-0.39, 0.29) is 0 Å². The molecule has 0 aliphatic heterocycles. The maximum absolute atomic E-state index is 8.76. The average molecular weight is 277 g/mol. The molecule has 0 aromatic rings. The molecule has 0 aromatic heterocycles. The first-order valence-corrected chi connectivity index (χ1v) is 8.64. The summed E-state index contributed by atoms with van der Waals surface area (Å²) in [6, 6.07) is 0.351. The summed E-state index contributed by atoms with van der Waals surface area (Å²) in [5, 5.41) is 12.3. The van der Waals surface area contributed by atoms with E-state index in [4.69, 9.17) is 10.3 Å². The molecule has 4 aliphatic rings. The van der Waals surface area contributed by atoms with Gasteiger partial charge < -0.3 is 0 Å². The second-order valence-electron chi connectivity index (χ2n) is 6.83. The highest BCUT2D eigenvalue weighted by atomic mass is 32.2. The van der Waals surface area contributed by atoms with Gasteiger partial charge >= 0.3 is 0 Å². The lowest BCUT2D eigenvalue weighted by atomic mass is 9.48. The SMILES string of the molecule is CSC(=NC(C)C12CC3CC(CC(C3)C1)C2)NC#N. The van der Waals surface area contributed by atoms with Crippen LogP contribution in [-0.4, -0.2) is 17.5 Å². The van der Waals surface area contributed by atoms with Gasteiger partial charge in [-0.3, -0.25) is 10.3 Å². The minimum Gasteiger partial charge on any atom is -0.272 e. The van der Waals surface area contributed by atoms with Crippen molar-refractivity contribution in [1.29, 1.82) is 5.26 Å². The molecule has 4 fully saturated rings. The summed E-state index contributed by atoms with van der Waals surface area (Å²) >= 11 is 1.54. The zero-order valence-electron chi connectivity index (χ0n) is 11.9. The van der Waals surface area contributed by atoms with Gasteiger partial charge in [0, 0.05) is 0 Å². The Balaban J connectivity index is 1.79. The predicted octanol–water partition coefficient (Wildman–Crippen LogP) is 3.38. The lowest BCUT2D eigenvalue weighted by Gasteiger charge is -2.58. The van der Waals surface area contributed by atoms with Crippen molar-refractivity contribution in [2.45, 2.75) is 51.5 Å². The third-order valence-electron chi connectivity index (χ3n) is 5.64. The fraction of sp³-hybridized carbons (Fsp3) is 0.867. The Morgan fingerprint density at radius 2 is 1.79 bits per heavy atom. The number of aliphatic imine (C=N–C) groups is 1. The molecule has 1 atom stereocenters. The van der Waals surface area contributed by atoms with Crippen LogP contribution in [0.1, 0.15) is 45.4 Å². The first kappa shape index (κ1) is 13.3. The molecule has 0 heterocycles. The molecule has 0 amide bonds. The van der Waals surface area contributed by atoms with E-state index in [0.29, 0.717) is 11.5 Å². The largest absolute Gasteiger partial charge is 0.272 e. The second kappa shape index (κ2) is 5.01. The predicted molar refractivity (Wildman–Crippen MR) is 79.8 cm³/mol. The van der Waals surface area contributed by atoms with Gasteiger partial charge in [0.15, 0.2) is 11.4 Å². The molecule has 0 radical (unpaired) electrons. The first-order valence-electron chi connectivity index (χ1n) is 7.42. The molecule has 19 heavy (non-hydrogen) atoms.